The molecule has 0 amide bonds. The van der Waals surface area contributed by atoms with Gasteiger partial charge in [0.05, 0.1) is 0 Å². The first-order valence-corrected chi connectivity index (χ1v) is 6.77. The van der Waals surface area contributed by atoms with Crippen LogP contribution in [-0.4, -0.2) is 22.0 Å². The molecule has 2 aliphatic rings. The summed E-state index contributed by atoms with van der Waals surface area (Å²) in [5, 5.41) is 0. The molecular weight excluding hydrogens is 172 g/mol. The molecule has 0 aromatic heterocycles. The monoisotopic (exact) mass is 188 g/mol. The second-order valence-electron chi connectivity index (χ2n) is 3.64. The lowest BCUT2D eigenvalue weighted by molar-refractivity contribution is 0.496. The topological polar surface area (TPSA) is 0 Å². The van der Waals surface area contributed by atoms with Gasteiger partial charge in [-0.15, -0.1) is 0 Å². The van der Waals surface area contributed by atoms with Crippen LogP contribution in [0.1, 0.15) is 32.1 Å². The number of rotatable bonds is 0. The van der Waals surface area contributed by atoms with Crippen molar-refractivity contribution < 1.29 is 0 Å². The average Bonchev–Trinajstić information content (AvgIpc) is 2.07. The summed E-state index contributed by atoms with van der Waals surface area (Å²) in [7, 11) is 0. The fourth-order valence-corrected chi connectivity index (χ4v) is 5.14. The second-order valence-corrected chi connectivity index (χ2v) is 6.31. The first-order valence-electron chi connectivity index (χ1n) is 4.63. The van der Waals surface area contributed by atoms with Crippen molar-refractivity contribution in [1.29, 1.82) is 0 Å². The van der Waals surface area contributed by atoms with Crippen LogP contribution >= 0.6 is 23.5 Å². The highest BCUT2D eigenvalue weighted by molar-refractivity contribution is 8.04. The zero-order valence-corrected chi connectivity index (χ0v) is 8.61. The third kappa shape index (κ3) is 1.89. The van der Waals surface area contributed by atoms with Gasteiger partial charge in [-0.25, -0.2) is 0 Å². The van der Waals surface area contributed by atoms with E-state index in [0.29, 0.717) is 0 Å². The second kappa shape index (κ2) is 3.61. The molecule has 0 N–H and O–H groups in total. The van der Waals surface area contributed by atoms with E-state index in [0.717, 1.165) is 4.75 Å². The van der Waals surface area contributed by atoms with Crippen LogP contribution in [0, 0.1) is 0 Å². The molecule has 2 saturated heterocycles. The molecule has 2 heterocycles. The molecule has 0 aromatic carbocycles. The van der Waals surface area contributed by atoms with E-state index in [2.05, 4.69) is 23.5 Å². The Morgan fingerprint density at radius 3 is 2.45 bits per heavy atom. The maximum atomic E-state index is 2.27. The molecule has 11 heavy (non-hydrogen) atoms. The van der Waals surface area contributed by atoms with Crippen LogP contribution in [-0.2, 0) is 0 Å². The zero-order valence-electron chi connectivity index (χ0n) is 6.97. The predicted octanol–water partition coefficient (Wildman–Crippen LogP) is 3.17. The molecule has 2 fully saturated rings. The highest BCUT2D eigenvalue weighted by Gasteiger charge is 2.34. The maximum absolute atomic E-state index is 2.27. The Kier molecular flexibility index (Phi) is 2.73. The van der Waals surface area contributed by atoms with Crippen molar-refractivity contribution in [2.24, 2.45) is 0 Å². The lowest BCUT2D eigenvalue weighted by atomic mass is 9.97. The molecule has 0 saturated carbocycles. The fourth-order valence-electron chi connectivity index (χ4n) is 2.05. The van der Waals surface area contributed by atoms with Crippen LogP contribution in [0.25, 0.3) is 0 Å². The van der Waals surface area contributed by atoms with Gasteiger partial charge in [0.15, 0.2) is 0 Å². The minimum absolute atomic E-state index is 0.737. The van der Waals surface area contributed by atoms with Crippen LogP contribution in [0.4, 0.5) is 0 Å². The molecule has 0 nitrogen and oxygen atoms in total. The lowest BCUT2D eigenvalue weighted by Crippen LogP contribution is -2.34. The van der Waals surface area contributed by atoms with E-state index in [1.807, 2.05) is 0 Å². The van der Waals surface area contributed by atoms with Crippen molar-refractivity contribution >= 4 is 23.5 Å². The molecule has 2 aliphatic heterocycles. The van der Waals surface area contributed by atoms with Crippen molar-refractivity contribution in [3.63, 3.8) is 0 Å². The number of hydrogen-bond donors (Lipinski definition) is 0. The highest BCUT2D eigenvalue weighted by Crippen LogP contribution is 2.45. The van der Waals surface area contributed by atoms with Gasteiger partial charge in [-0.05, 0) is 37.2 Å². The number of hydrogen-bond acceptors (Lipinski definition) is 2. The third-order valence-electron chi connectivity index (χ3n) is 2.72. The SMILES string of the molecule is C1CCC2(CCCSC2)SC1. The number of thioether (sulfide) groups is 2. The van der Waals surface area contributed by atoms with Gasteiger partial charge in [0.2, 0.25) is 0 Å². The van der Waals surface area contributed by atoms with Gasteiger partial charge < -0.3 is 0 Å². The van der Waals surface area contributed by atoms with Crippen LogP contribution in [0.5, 0.6) is 0 Å². The summed E-state index contributed by atoms with van der Waals surface area (Å²) in [6, 6.07) is 0. The summed E-state index contributed by atoms with van der Waals surface area (Å²) >= 11 is 4.45. The van der Waals surface area contributed by atoms with Crippen molar-refractivity contribution in [1.82, 2.24) is 0 Å². The summed E-state index contributed by atoms with van der Waals surface area (Å²) in [4.78, 5) is 0. The first kappa shape index (κ1) is 8.31. The van der Waals surface area contributed by atoms with Gasteiger partial charge in [0, 0.05) is 10.5 Å². The van der Waals surface area contributed by atoms with Crippen molar-refractivity contribution in [3.05, 3.63) is 0 Å². The van der Waals surface area contributed by atoms with Gasteiger partial charge in [-0.2, -0.15) is 23.5 Å². The van der Waals surface area contributed by atoms with Crippen molar-refractivity contribution in [3.8, 4) is 0 Å². The van der Waals surface area contributed by atoms with Crippen LogP contribution in [0.3, 0.4) is 0 Å². The van der Waals surface area contributed by atoms with E-state index in [1.54, 1.807) is 0 Å². The minimum Gasteiger partial charge on any atom is -0.161 e. The Balaban J connectivity index is 1.94. The minimum atomic E-state index is 0.737. The van der Waals surface area contributed by atoms with Crippen molar-refractivity contribution in [2.45, 2.75) is 36.9 Å². The standard InChI is InChI=1S/C9H16S2/c1-2-7-11-9(4-1)5-3-6-10-8-9/h1-8H2. The Bertz CT molecular complexity index is 102. The largest absolute Gasteiger partial charge is 0.161 e. The molecule has 0 aliphatic carbocycles. The molecule has 2 heteroatoms. The fraction of sp³-hybridized carbons (Fsp3) is 1.00. The van der Waals surface area contributed by atoms with Gasteiger partial charge >= 0.3 is 0 Å². The lowest BCUT2D eigenvalue weighted by Gasteiger charge is -2.39. The summed E-state index contributed by atoms with van der Waals surface area (Å²) < 4.78 is 0.737. The van der Waals surface area contributed by atoms with E-state index < -0.39 is 0 Å². The van der Waals surface area contributed by atoms with Gasteiger partial charge in [-0.1, -0.05) is 6.42 Å². The average molecular weight is 188 g/mol. The van der Waals surface area contributed by atoms with Crippen LogP contribution in [0.15, 0.2) is 0 Å². The maximum Gasteiger partial charge on any atom is 0.0250 e. The van der Waals surface area contributed by atoms with E-state index in [1.165, 1.54) is 49.4 Å². The Labute approximate surface area is 77.9 Å². The van der Waals surface area contributed by atoms with Crippen LogP contribution in [0.2, 0.25) is 0 Å². The van der Waals surface area contributed by atoms with E-state index in [4.69, 9.17) is 0 Å². The van der Waals surface area contributed by atoms with Crippen molar-refractivity contribution in [2.75, 3.05) is 17.3 Å². The molecule has 1 atom stereocenters. The molecule has 0 aromatic rings. The zero-order chi connectivity index (χ0) is 7.57. The quantitative estimate of drug-likeness (QED) is 0.573. The molecule has 64 valence electrons. The summed E-state index contributed by atoms with van der Waals surface area (Å²) in [5.74, 6) is 4.29. The van der Waals surface area contributed by atoms with E-state index >= 15 is 0 Å². The Morgan fingerprint density at radius 1 is 0.909 bits per heavy atom. The normalized spacial score (nSPS) is 39.3. The highest BCUT2D eigenvalue weighted by atomic mass is 32.2. The van der Waals surface area contributed by atoms with E-state index in [-0.39, 0.29) is 0 Å². The van der Waals surface area contributed by atoms with Crippen LogP contribution < -0.4 is 0 Å². The van der Waals surface area contributed by atoms with E-state index in [9.17, 15) is 0 Å². The molecule has 1 spiro atoms. The smallest absolute Gasteiger partial charge is 0.0250 e. The summed E-state index contributed by atoms with van der Waals surface area (Å²) in [5.41, 5.74) is 0. The van der Waals surface area contributed by atoms with Gasteiger partial charge in [0.1, 0.15) is 0 Å². The summed E-state index contributed by atoms with van der Waals surface area (Å²) in [6.07, 6.45) is 7.44. The van der Waals surface area contributed by atoms with Gasteiger partial charge in [0.25, 0.3) is 0 Å². The molecule has 2 rings (SSSR count). The Morgan fingerprint density at radius 2 is 1.82 bits per heavy atom. The molecule has 0 bridgehead atoms. The third-order valence-corrected chi connectivity index (χ3v) is 5.90. The molecule has 1 unspecified atom stereocenters. The molecular formula is C9H16S2. The predicted molar refractivity (Wildman–Crippen MR) is 55.6 cm³/mol. The Hall–Kier alpha value is 0.700. The molecule has 0 radical (unpaired) electrons. The summed E-state index contributed by atoms with van der Waals surface area (Å²) in [6.45, 7) is 0. The first-order chi connectivity index (χ1) is 5.41. The van der Waals surface area contributed by atoms with Gasteiger partial charge in [-0.3, -0.25) is 0 Å².